The Hall–Kier alpha value is -2.38. The fourth-order valence-corrected chi connectivity index (χ4v) is 3.50. The standard InChI is InChI=1S/C25H28O/c1-3-5-19-6-9-22(10-7-19)23-11-13-24(14-12-23)25-15-8-20(16-17-26)18-21(25)4-2/h6-15,18,26H,3-5,16-17H2,1-2H3. The summed E-state index contributed by atoms with van der Waals surface area (Å²) in [5, 5.41) is 9.16. The van der Waals surface area contributed by atoms with E-state index in [0.717, 1.165) is 19.3 Å². The Morgan fingerprint density at radius 3 is 1.81 bits per heavy atom. The van der Waals surface area contributed by atoms with E-state index in [1.165, 1.54) is 45.4 Å². The van der Waals surface area contributed by atoms with Gasteiger partial charge >= 0.3 is 0 Å². The van der Waals surface area contributed by atoms with Crippen molar-refractivity contribution in [2.24, 2.45) is 0 Å². The van der Waals surface area contributed by atoms with Gasteiger partial charge in [0.2, 0.25) is 0 Å². The largest absolute Gasteiger partial charge is 0.396 e. The lowest BCUT2D eigenvalue weighted by Crippen LogP contribution is -1.95. The molecule has 0 aliphatic heterocycles. The summed E-state index contributed by atoms with van der Waals surface area (Å²) in [6.45, 7) is 4.61. The average molecular weight is 344 g/mol. The fraction of sp³-hybridized carbons (Fsp3) is 0.280. The maximum absolute atomic E-state index is 9.16. The van der Waals surface area contributed by atoms with Gasteiger partial charge in [0.05, 0.1) is 0 Å². The Morgan fingerprint density at radius 2 is 1.23 bits per heavy atom. The second kappa shape index (κ2) is 8.82. The van der Waals surface area contributed by atoms with E-state index in [1.807, 2.05) is 0 Å². The molecule has 0 aromatic heterocycles. The predicted octanol–water partition coefficient (Wildman–Crippen LogP) is 6.07. The molecule has 0 heterocycles. The summed E-state index contributed by atoms with van der Waals surface area (Å²) in [6, 6.07) is 24.3. The first kappa shape index (κ1) is 18.4. The Labute approximate surface area is 157 Å². The van der Waals surface area contributed by atoms with Gasteiger partial charge in [-0.25, -0.2) is 0 Å². The van der Waals surface area contributed by atoms with Crippen molar-refractivity contribution in [1.29, 1.82) is 0 Å². The Bertz CT molecular complexity index is 829. The van der Waals surface area contributed by atoms with Crippen LogP contribution in [-0.2, 0) is 19.3 Å². The van der Waals surface area contributed by atoms with Crippen molar-refractivity contribution in [1.82, 2.24) is 0 Å². The minimum absolute atomic E-state index is 0.203. The van der Waals surface area contributed by atoms with E-state index in [-0.39, 0.29) is 6.61 Å². The summed E-state index contributed by atoms with van der Waals surface area (Å²) in [7, 11) is 0. The summed E-state index contributed by atoms with van der Waals surface area (Å²) in [5.74, 6) is 0. The molecule has 1 heteroatoms. The molecule has 0 aliphatic carbocycles. The van der Waals surface area contributed by atoms with Gasteiger partial charge in [-0.1, -0.05) is 87.0 Å². The number of hydrogen-bond donors (Lipinski definition) is 1. The number of benzene rings is 3. The topological polar surface area (TPSA) is 20.2 Å². The first-order chi connectivity index (χ1) is 12.7. The fourth-order valence-electron chi connectivity index (χ4n) is 3.50. The monoisotopic (exact) mass is 344 g/mol. The van der Waals surface area contributed by atoms with Crippen molar-refractivity contribution in [3.63, 3.8) is 0 Å². The maximum atomic E-state index is 9.16. The minimum Gasteiger partial charge on any atom is -0.396 e. The number of aliphatic hydroxyl groups is 1. The van der Waals surface area contributed by atoms with Gasteiger partial charge in [0.1, 0.15) is 0 Å². The van der Waals surface area contributed by atoms with Crippen LogP contribution in [0.25, 0.3) is 22.3 Å². The van der Waals surface area contributed by atoms with Crippen LogP contribution in [0, 0.1) is 0 Å². The van der Waals surface area contributed by atoms with Crippen LogP contribution in [0.5, 0.6) is 0 Å². The van der Waals surface area contributed by atoms with E-state index >= 15 is 0 Å². The van der Waals surface area contributed by atoms with Crippen molar-refractivity contribution in [2.45, 2.75) is 39.5 Å². The Kier molecular flexibility index (Phi) is 6.25. The predicted molar refractivity (Wildman–Crippen MR) is 111 cm³/mol. The molecule has 0 saturated heterocycles. The molecule has 0 amide bonds. The van der Waals surface area contributed by atoms with Crippen LogP contribution in [0.3, 0.4) is 0 Å². The number of aryl methyl sites for hydroxylation is 2. The number of rotatable bonds is 7. The summed E-state index contributed by atoms with van der Waals surface area (Å²) in [4.78, 5) is 0. The highest BCUT2D eigenvalue weighted by Gasteiger charge is 2.06. The first-order valence-electron chi connectivity index (χ1n) is 9.67. The normalized spacial score (nSPS) is 10.9. The third-order valence-corrected chi connectivity index (χ3v) is 4.97. The third-order valence-electron chi connectivity index (χ3n) is 4.97. The van der Waals surface area contributed by atoms with Crippen LogP contribution in [-0.4, -0.2) is 11.7 Å². The summed E-state index contributed by atoms with van der Waals surface area (Å²) < 4.78 is 0. The molecule has 26 heavy (non-hydrogen) atoms. The lowest BCUT2D eigenvalue weighted by atomic mass is 9.93. The van der Waals surface area contributed by atoms with Crippen molar-refractivity contribution in [3.05, 3.63) is 83.4 Å². The smallest absolute Gasteiger partial charge is 0.0471 e. The van der Waals surface area contributed by atoms with Crippen LogP contribution >= 0.6 is 0 Å². The molecule has 3 aromatic carbocycles. The molecule has 0 radical (unpaired) electrons. The van der Waals surface area contributed by atoms with E-state index < -0.39 is 0 Å². The highest BCUT2D eigenvalue weighted by atomic mass is 16.2. The number of aliphatic hydroxyl groups excluding tert-OH is 1. The van der Waals surface area contributed by atoms with Gasteiger partial charge < -0.3 is 5.11 Å². The van der Waals surface area contributed by atoms with Gasteiger partial charge in [-0.05, 0) is 58.2 Å². The van der Waals surface area contributed by atoms with Crippen molar-refractivity contribution < 1.29 is 5.11 Å². The highest BCUT2D eigenvalue weighted by Crippen LogP contribution is 2.28. The van der Waals surface area contributed by atoms with Crippen LogP contribution in [0.1, 0.15) is 37.0 Å². The lowest BCUT2D eigenvalue weighted by molar-refractivity contribution is 0.299. The van der Waals surface area contributed by atoms with Crippen LogP contribution in [0.15, 0.2) is 66.7 Å². The maximum Gasteiger partial charge on any atom is 0.0471 e. The summed E-state index contributed by atoms with van der Waals surface area (Å²) >= 11 is 0. The lowest BCUT2D eigenvalue weighted by Gasteiger charge is -2.12. The van der Waals surface area contributed by atoms with Crippen molar-refractivity contribution in [3.8, 4) is 22.3 Å². The molecule has 0 fully saturated rings. The zero-order valence-electron chi connectivity index (χ0n) is 15.8. The molecule has 134 valence electrons. The van der Waals surface area contributed by atoms with Crippen LogP contribution in [0.2, 0.25) is 0 Å². The minimum atomic E-state index is 0.203. The van der Waals surface area contributed by atoms with E-state index in [0.29, 0.717) is 0 Å². The molecule has 0 saturated carbocycles. The van der Waals surface area contributed by atoms with E-state index in [1.54, 1.807) is 0 Å². The van der Waals surface area contributed by atoms with E-state index in [9.17, 15) is 0 Å². The van der Waals surface area contributed by atoms with Gasteiger partial charge in [0, 0.05) is 6.61 Å². The van der Waals surface area contributed by atoms with Gasteiger partial charge in [0.15, 0.2) is 0 Å². The second-order valence-corrected chi connectivity index (χ2v) is 6.84. The molecular formula is C25H28O. The Morgan fingerprint density at radius 1 is 0.654 bits per heavy atom. The van der Waals surface area contributed by atoms with E-state index in [4.69, 9.17) is 5.11 Å². The van der Waals surface area contributed by atoms with Gasteiger partial charge in [-0.2, -0.15) is 0 Å². The highest BCUT2D eigenvalue weighted by molar-refractivity contribution is 5.72. The summed E-state index contributed by atoms with van der Waals surface area (Å²) in [6.07, 6.45) is 4.05. The molecule has 0 spiro atoms. The van der Waals surface area contributed by atoms with Gasteiger partial charge in [-0.15, -0.1) is 0 Å². The molecule has 0 unspecified atom stereocenters. The average Bonchev–Trinajstić information content (AvgIpc) is 2.69. The zero-order valence-corrected chi connectivity index (χ0v) is 15.8. The van der Waals surface area contributed by atoms with Gasteiger partial charge in [0.25, 0.3) is 0 Å². The van der Waals surface area contributed by atoms with Gasteiger partial charge in [-0.3, -0.25) is 0 Å². The Balaban J connectivity index is 1.85. The molecule has 0 atom stereocenters. The van der Waals surface area contributed by atoms with Crippen LogP contribution < -0.4 is 0 Å². The molecular weight excluding hydrogens is 316 g/mol. The molecule has 3 rings (SSSR count). The van der Waals surface area contributed by atoms with Crippen LogP contribution in [0.4, 0.5) is 0 Å². The molecule has 1 N–H and O–H groups in total. The second-order valence-electron chi connectivity index (χ2n) is 6.84. The zero-order chi connectivity index (χ0) is 18.4. The molecule has 0 bridgehead atoms. The van der Waals surface area contributed by atoms with E-state index in [2.05, 4.69) is 80.6 Å². The molecule has 0 aliphatic rings. The van der Waals surface area contributed by atoms with Crippen molar-refractivity contribution in [2.75, 3.05) is 6.61 Å². The van der Waals surface area contributed by atoms with Crippen molar-refractivity contribution >= 4 is 0 Å². The molecule has 3 aromatic rings. The third kappa shape index (κ3) is 4.23. The molecule has 1 nitrogen and oxygen atoms in total. The SMILES string of the molecule is CCCc1ccc(-c2ccc(-c3ccc(CCO)cc3CC)cc2)cc1. The first-order valence-corrected chi connectivity index (χ1v) is 9.67. The summed E-state index contributed by atoms with van der Waals surface area (Å²) in [5.41, 5.74) is 9.02. The number of hydrogen-bond acceptors (Lipinski definition) is 1. The quantitative estimate of drug-likeness (QED) is 0.551.